The number of piperidine rings is 1. The lowest BCUT2D eigenvalue weighted by Gasteiger charge is -2.41. The van der Waals surface area contributed by atoms with Gasteiger partial charge in [0.15, 0.2) is 0 Å². The summed E-state index contributed by atoms with van der Waals surface area (Å²) in [6.45, 7) is 4.49. The summed E-state index contributed by atoms with van der Waals surface area (Å²) in [6.07, 6.45) is 5.33. The summed E-state index contributed by atoms with van der Waals surface area (Å²) in [5.74, 6) is -0.668. The predicted octanol–water partition coefficient (Wildman–Crippen LogP) is 2.11. The highest BCUT2D eigenvalue weighted by molar-refractivity contribution is 5.70. The van der Waals surface area contributed by atoms with Crippen LogP contribution in [0.15, 0.2) is 0 Å². The molecule has 2 aliphatic rings. The van der Waals surface area contributed by atoms with Crippen molar-refractivity contribution < 1.29 is 9.90 Å². The Labute approximate surface area is 91.5 Å². The quantitative estimate of drug-likeness (QED) is 0.777. The molecule has 2 bridgehead atoms. The molecule has 86 valence electrons. The highest BCUT2D eigenvalue weighted by Crippen LogP contribution is 2.40. The first kappa shape index (κ1) is 10.9. The number of hydrogen-bond acceptors (Lipinski definition) is 2. The summed E-state index contributed by atoms with van der Waals surface area (Å²) in [6, 6.07) is 1.71. The maximum Gasteiger partial charge on any atom is 0.306 e. The Morgan fingerprint density at radius 1 is 1.40 bits per heavy atom. The zero-order valence-electron chi connectivity index (χ0n) is 9.65. The molecule has 1 N–H and O–H groups in total. The normalized spacial score (nSPS) is 37.9. The van der Waals surface area contributed by atoms with Gasteiger partial charge in [-0.3, -0.25) is 9.69 Å². The van der Waals surface area contributed by atoms with Gasteiger partial charge in [0.05, 0.1) is 5.92 Å². The molecule has 0 radical (unpaired) electrons. The van der Waals surface area contributed by atoms with E-state index < -0.39 is 5.97 Å². The molecule has 2 rings (SSSR count). The third-order valence-corrected chi connectivity index (χ3v) is 4.24. The maximum atomic E-state index is 11.0. The molecular formula is C12H21NO2. The molecule has 2 fully saturated rings. The van der Waals surface area contributed by atoms with E-state index in [2.05, 4.69) is 18.7 Å². The zero-order valence-corrected chi connectivity index (χ0v) is 9.65. The van der Waals surface area contributed by atoms with Gasteiger partial charge in [0.2, 0.25) is 0 Å². The molecule has 2 saturated heterocycles. The molecule has 3 nitrogen and oxygen atoms in total. The van der Waals surface area contributed by atoms with E-state index in [0.717, 1.165) is 12.8 Å². The van der Waals surface area contributed by atoms with Crippen LogP contribution in [0.3, 0.4) is 0 Å². The van der Waals surface area contributed by atoms with Crippen molar-refractivity contribution in [3.05, 3.63) is 0 Å². The number of fused-ring (bicyclic) bond motifs is 2. The minimum absolute atomic E-state index is 0.0807. The van der Waals surface area contributed by atoms with E-state index in [-0.39, 0.29) is 5.92 Å². The number of carboxylic acid groups (broad SMARTS) is 1. The molecule has 0 spiro atoms. The summed E-state index contributed by atoms with van der Waals surface area (Å²) in [7, 11) is 0. The number of nitrogens with zero attached hydrogens (tertiary/aromatic N) is 1. The van der Waals surface area contributed by atoms with Crippen molar-refractivity contribution in [3.63, 3.8) is 0 Å². The van der Waals surface area contributed by atoms with Gasteiger partial charge in [-0.1, -0.05) is 6.92 Å². The molecule has 0 amide bonds. The summed E-state index contributed by atoms with van der Waals surface area (Å²) in [5, 5.41) is 9.07. The second-order valence-electron chi connectivity index (χ2n) is 5.10. The van der Waals surface area contributed by atoms with Crippen LogP contribution in [0.4, 0.5) is 0 Å². The molecule has 3 unspecified atom stereocenters. The standard InChI is InChI=1S/C12H21NO2/c1-3-8(2)13-10-4-5-11(13)7-9(6-10)12(14)15/h8-11H,3-7H2,1-2H3,(H,14,15). The number of carboxylic acids is 1. The highest BCUT2D eigenvalue weighted by atomic mass is 16.4. The molecule has 0 aromatic heterocycles. The third-order valence-electron chi connectivity index (χ3n) is 4.24. The predicted molar refractivity (Wildman–Crippen MR) is 58.8 cm³/mol. The Bertz CT molecular complexity index is 240. The van der Waals surface area contributed by atoms with Gasteiger partial charge in [0.25, 0.3) is 0 Å². The van der Waals surface area contributed by atoms with E-state index in [9.17, 15) is 4.79 Å². The first-order valence-electron chi connectivity index (χ1n) is 6.13. The molecule has 2 aliphatic heterocycles. The average molecular weight is 211 g/mol. The summed E-state index contributed by atoms with van der Waals surface area (Å²) in [5.41, 5.74) is 0. The monoisotopic (exact) mass is 211 g/mol. The van der Waals surface area contributed by atoms with Crippen molar-refractivity contribution in [2.75, 3.05) is 0 Å². The molecular weight excluding hydrogens is 190 g/mol. The van der Waals surface area contributed by atoms with Crippen molar-refractivity contribution in [1.29, 1.82) is 0 Å². The van der Waals surface area contributed by atoms with Crippen molar-refractivity contribution >= 4 is 5.97 Å². The van der Waals surface area contributed by atoms with Gasteiger partial charge < -0.3 is 5.11 Å². The molecule has 0 saturated carbocycles. The number of aliphatic carboxylic acids is 1. The van der Waals surface area contributed by atoms with Crippen molar-refractivity contribution in [3.8, 4) is 0 Å². The Kier molecular flexibility index (Phi) is 3.01. The minimum Gasteiger partial charge on any atom is -0.481 e. The van der Waals surface area contributed by atoms with Crippen LogP contribution in [0.5, 0.6) is 0 Å². The second-order valence-corrected chi connectivity index (χ2v) is 5.10. The molecule has 3 atom stereocenters. The summed E-state index contributed by atoms with van der Waals surface area (Å²) in [4.78, 5) is 13.6. The van der Waals surface area contributed by atoms with Gasteiger partial charge in [-0.2, -0.15) is 0 Å². The van der Waals surface area contributed by atoms with Crippen LogP contribution in [-0.2, 0) is 4.79 Å². The molecule has 0 aliphatic carbocycles. The third kappa shape index (κ3) is 1.89. The Balaban J connectivity index is 2.06. The van der Waals surface area contributed by atoms with Crippen LogP contribution in [0.2, 0.25) is 0 Å². The van der Waals surface area contributed by atoms with Gasteiger partial charge in [0.1, 0.15) is 0 Å². The lowest BCUT2D eigenvalue weighted by atomic mass is 9.89. The van der Waals surface area contributed by atoms with Crippen LogP contribution < -0.4 is 0 Å². The minimum atomic E-state index is -0.587. The van der Waals surface area contributed by atoms with Crippen LogP contribution in [-0.4, -0.2) is 34.1 Å². The van der Waals surface area contributed by atoms with E-state index in [1.165, 1.54) is 19.3 Å². The first-order chi connectivity index (χ1) is 7.13. The molecule has 2 heterocycles. The number of hydrogen-bond donors (Lipinski definition) is 1. The molecule has 0 aromatic rings. The van der Waals surface area contributed by atoms with Gasteiger partial charge in [-0.15, -0.1) is 0 Å². The van der Waals surface area contributed by atoms with E-state index in [0.29, 0.717) is 18.1 Å². The van der Waals surface area contributed by atoms with Crippen LogP contribution in [0.1, 0.15) is 46.0 Å². The van der Waals surface area contributed by atoms with Gasteiger partial charge in [-0.05, 0) is 39.0 Å². The lowest BCUT2D eigenvalue weighted by Crippen LogP contribution is -2.48. The Morgan fingerprint density at radius 2 is 1.93 bits per heavy atom. The smallest absolute Gasteiger partial charge is 0.306 e. The SMILES string of the molecule is CCC(C)N1C2CCC1CC(C(=O)O)C2. The topological polar surface area (TPSA) is 40.5 Å². The lowest BCUT2D eigenvalue weighted by molar-refractivity contribution is -0.144. The van der Waals surface area contributed by atoms with Crippen LogP contribution >= 0.6 is 0 Å². The molecule has 3 heteroatoms. The molecule has 15 heavy (non-hydrogen) atoms. The number of carbonyl (C=O) groups is 1. The summed E-state index contributed by atoms with van der Waals surface area (Å²) >= 11 is 0. The summed E-state index contributed by atoms with van der Waals surface area (Å²) < 4.78 is 0. The largest absolute Gasteiger partial charge is 0.481 e. The number of rotatable bonds is 3. The fourth-order valence-electron chi connectivity index (χ4n) is 3.35. The van der Waals surface area contributed by atoms with Crippen molar-refractivity contribution in [2.45, 2.75) is 64.1 Å². The Morgan fingerprint density at radius 3 is 2.33 bits per heavy atom. The van der Waals surface area contributed by atoms with E-state index in [4.69, 9.17) is 5.11 Å². The van der Waals surface area contributed by atoms with Crippen LogP contribution in [0, 0.1) is 5.92 Å². The van der Waals surface area contributed by atoms with Crippen LogP contribution in [0.25, 0.3) is 0 Å². The maximum absolute atomic E-state index is 11.0. The van der Waals surface area contributed by atoms with Crippen molar-refractivity contribution in [1.82, 2.24) is 4.90 Å². The van der Waals surface area contributed by atoms with Gasteiger partial charge >= 0.3 is 5.97 Å². The average Bonchev–Trinajstić information content (AvgIpc) is 2.47. The fraction of sp³-hybridized carbons (Fsp3) is 0.917. The van der Waals surface area contributed by atoms with E-state index >= 15 is 0 Å². The van der Waals surface area contributed by atoms with E-state index in [1.807, 2.05) is 0 Å². The van der Waals surface area contributed by atoms with E-state index in [1.54, 1.807) is 0 Å². The second kappa shape index (κ2) is 4.12. The zero-order chi connectivity index (χ0) is 11.0. The van der Waals surface area contributed by atoms with Gasteiger partial charge in [0, 0.05) is 18.1 Å². The molecule has 0 aromatic carbocycles. The Hall–Kier alpha value is -0.570. The van der Waals surface area contributed by atoms with Crippen molar-refractivity contribution in [2.24, 2.45) is 5.92 Å². The highest BCUT2D eigenvalue weighted by Gasteiger charge is 2.44. The van der Waals surface area contributed by atoms with Gasteiger partial charge in [-0.25, -0.2) is 0 Å². The first-order valence-corrected chi connectivity index (χ1v) is 6.13. The fourth-order valence-corrected chi connectivity index (χ4v) is 3.35.